The Balaban J connectivity index is 1.66. The summed E-state index contributed by atoms with van der Waals surface area (Å²) in [5.74, 6) is 1.04. The summed E-state index contributed by atoms with van der Waals surface area (Å²) in [6.07, 6.45) is 0.483. The van der Waals surface area contributed by atoms with Crippen molar-refractivity contribution in [3.8, 4) is 22.4 Å². The van der Waals surface area contributed by atoms with Gasteiger partial charge in [-0.25, -0.2) is 4.98 Å². The number of hydrogen-bond donors (Lipinski definition) is 3. The van der Waals surface area contributed by atoms with Crippen molar-refractivity contribution in [1.82, 2.24) is 40.2 Å². The minimum Gasteiger partial charge on any atom is -0.278 e. The molecule has 0 fully saturated rings. The predicted octanol–water partition coefficient (Wildman–Crippen LogP) is 1.85. The first kappa shape index (κ1) is 20.0. The topological polar surface area (TPSA) is 136 Å². The van der Waals surface area contributed by atoms with Gasteiger partial charge in [0, 0.05) is 29.9 Å². The van der Waals surface area contributed by atoms with Crippen molar-refractivity contribution in [1.29, 1.82) is 5.41 Å². The Morgan fingerprint density at radius 3 is 2.50 bits per heavy atom. The Labute approximate surface area is 183 Å². The lowest BCUT2D eigenvalue weighted by Gasteiger charge is -2.23. The zero-order valence-electron chi connectivity index (χ0n) is 17.7. The molecule has 0 radical (unpaired) electrons. The van der Waals surface area contributed by atoms with Crippen LogP contribution in [0.1, 0.15) is 17.2 Å². The average molecular weight is 430 g/mol. The summed E-state index contributed by atoms with van der Waals surface area (Å²) in [5, 5.41) is 36.5. The maximum absolute atomic E-state index is 11.2. The van der Waals surface area contributed by atoms with E-state index < -0.39 is 0 Å². The van der Waals surface area contributed by atoms with Gasteiger partial charge in [-0.2, -0.15) is 15.4 Å². The average Bonchev–Trinajstić information content (AvgIpc) is 3.41. The number of aromatic amines is 1. The van der Waals surface area contributed by atoms with E-state index in [4.69, 9.17) is 5.41 Å². The van der Waals surface area contributed by atoms with Crippen LogP contribution in [0.15, 0.2) is 42.5 Å². The smallest absolute Gasteiger partial charge is 0.225 e. The SMILES string of the molecule is Cc1cc(-c2c(-c3ccccc3)nc(=N)n3c2N(O)N(CCc2nn[nH]n2)C3)cc(C)n1. The molecule has 3 N–H and O–H groups in total. The van der Waals surface area contributed by atoms with Gasteiger partial charge >= 0.3 is 0 Å². The van der Waals surface area contributed by atoms with Gasteiger partial charge < -0.3 is 0 Å². The lowest BCUT2D eigenvalue weighted by molar-refractivity contribution is 0.0696. The van der Waals surface area contributed by atoms with Gasteiger partial charge in [0.25, 0.3) is 0 Å². The highest BCUT2D eigenvalue weighted by molar-refractivity contribution is 5.88. The highest BCUT2D eigenvalue weighted by Crippen LogP contribution is 2.40. The molecule has 1 aromatic carbocycles. The molecule has 3 aromatic heterocycles. The van der Waals surface area contributed by atoms with E-state index in [9.17, 15) is 5.21 Å². The third-order valence-corrected chi connectivity index (χ3v) is 5.35. The molecule has 0 atom stereocenters. The fourth-order valence-corrected chi connectivity index (χ4v) is 3.99. The van der Waals surface area contributed by atoms with Crippen LogP contribution in [-0.4, -0.2) is 51.9 Å². The number of rotatable bonds is 5. The Morgan fingerprint density at radius 1 is 1.06 bits per heavy atom. The molecule has 162 valence electrons. The van der Waals surface area contributed by atoms with E-state index in [1.165, 1.54) is 0 Å². The van der Waals surface area contributed by atoms with Crippen molar-refractivity contribution in [2.75, 3.05) is 11.7 Å². The second-order valence-corrected chi connectivity index (χ2v) is 7.65. The van der Waals surface area contributed by atoms with E-state index in [1.54, 1.807) is 9.58 Å². The molecule has 0 spiro atoms. The molecule has 1 aliphatic rings. The van der Waals surface area contributed by atoms with E-state index in [0.717, 1.165) is 33.3 Å². The van der Waals surface area contributed by atoms with E-state index in [-0.39, 0.29) is 12.3 Å². The van der Waals surface area contributed by atoms with Gasteiger partial charge in [0.2, 0.25) is 5.62 Å². The zero-order chi connectivity index (χ0) is 22.2. The van der Waals surface area contributed by atoms with Gasteiger partial charge in [0.05, 0.1) is 11.3 Å². The number of nitrogens with zero attached hydrogens (tertiary/aromatic N) is 8. The van der Waals surface area contributed by atoms with Crippen molar-refractivity contribution in [3.63, 3.8) is 0 Å². The second-order valence-electron chi connectivity index (χ2n) is 7.65. The number of tetrazole rings is 1. The monoisotopic (exact) mass is 430 g/mol. The molecule has 4 heterocycles. The summed E-state index contributed by atoms with van der Waals surface area (Å²) < 4.78 is 1.68. The molecule has 0 saturated heterocycles. The van der Waals surface area contributed by atoms with Crippen LogP contribution in [0.4, 0.5) is 5.82 Å². The third kappa shape index (κ3) is 3.53. The summed E-state index contributed by atoms with van der Waals surface area (Å²) in [6.45, 7) is 4.59. The van der Waals surface area contributed by atoms with Crippen molar-refractivity contribution in [2.24, 2.45) is 0 Å². The highest BCUT2D eigenvalue weighted by Gasteiger charge is 2.32. The normalized spacial score (nSPS) is 13.5. The number of aromatic nitrogens is 7. The summed E-state index contributed by atoms with van der Waals surface area (Å²) in [6, 6.07) is 13.6. The largest absolute Gasteiger partial charge is 0.278 e. The number of hydrogen-bond acceptors (Lipinski definition) is 9. The summed E-state index contributed by atoms with van der Waals surface area (Å²) in [7, 11) is 0. The van der Waals surface area contributed by atoms with Gasteiger partial charge in [-0.05, 0) is 31.5 Å². The van der Waals surface area contributed by atoms with Crippen LogP contribution in [0, 0.1) is 19.3 Å². The lowest BCUT2D eigenvalue weighted by Crippen LogP contribution is -2.36. The molecule has 0 saturated carbocycles. The van der Waals surface area contributed by atoms with Crippen molar-refractivity contribution in [3.05, 3.63) is 65.3 Å². The van der Waals surface area contributed by atoms with Gasteiger partial charge in [-0.1, -0.05) is 35.5 Å². The fourth-order valence-electron chi connectivity index (χ4n) is 3.99. The Bertz CT molecular complexity index is 1300. The quantitative estimate of drug-likeness (QED) is 0.436. The Hall–Kier alpha value is -3.96. The molecule has 0 unspecified atom stereocenters. The molecule has 0 bridgehead atoms. The van der Waals surface area contributed by atoms with Crippen molar-refractivity contribution < 1.29 is 5.21 Å². The van der Waals surface area contributed by atoms with Crippen LogP contribution < -0.4 is 10.8 Å². The minimum atomic E-state index is 0.0613. The van der Waals surface area contributed by atoms with Crippen LogP contribution in [0.5, 0.6) is 0 Å². The van der Waals surface area contributed by atoms with Gasteiger partial charge in [0.15, 0.2) is 11.6 Å². The molecule has 32 heavy (non-hydrogen) atoms. The van der Waals surface area contributed by atoms with E-state index in [2.05, 4.69) is 30.6 Å². The van der Waals surface area contributed by atoms with Gasteiger partial charge in [0.1, 0.15) is 6.67 Å². The first-order valence-electron chi connectivity index (χ1n) is 10.2. The molecule has 0 aliphatic carbocycles. The molecule has 0 amide bonds. The number of benzene rings is 1. The molecule has 4 aromatic rings. The van der Waals surface area contributed by atoms with Gasteiger partial charge in [-0.15, -0.1) is 10.2 Å². The van der Waals surface area contributed by atoms with Crippen LogP contribution >= 0.6 is 0 Å². The number of H-pyrrole nitrogens is 1. The Kier molecular flexibility index (Phi) is 4.96. The molecule has 11 heteroatoms. The number of fused-ring (bicyclic) bond motifs is 1. The lowest BCUT2D eigenvalue weighted by atomic mass is 9.99. The number of nitrogens with one attached hydrogen (secondary N) is 2. The second kappa shape index (κ2) is 7.94. The van der Waals surface area contributed by atoms with Crippen molar-refractivity contribution in [2.45, 2.75) is 26.9 Å². The first-order valence-corrected chi connectivity index (χ1v) is 10.2. The Morgan fingerprint density at radius 2 is 1.81 bits per heavy atom. The van der Waals surface area contributed by atoms with E-state index in [1.807, 2.05) is 56.3 Å². The fraction of sp³-hybridized carbons (Fsp3) is 0.238. The number of anilines is 1. The van der Waals surface area contributed by atoms with Gasteiger partial charge in [-0.3, -0.25) is 20.2 Å². The van der Waals surface area contributed by atoms with Crippen LogP contribution in [0.2, 0.25) is 0 Å². The standard InChI is InChI=1S/C21H22N10O/c1-13-10-16(11-14(2)23-13)18-19(15-6-4-3-5-7-15)24-21(22)30-12-29(31(32)20(18)30)9-8-17-25-27-28-26-17/h3-7,10-11,22,32H,8-9,12H2,1-2H3,(H,25,26,27,28). The summed E-state index contributed by atoms with van der Waals surface area (Å²) >= 11 is 0. The summed E-state index contributed by atoms with van der Waals surface area (Å²) in [4.78, 5) is 9.13. The van der Waals surface area contributed by atoms with Crippen LogP contribution in [0.3, 0.4) is 0 Å². The number of pyridine rings is 1. The molecule has 11 nitrogen and oxygen atoms in total. The maximum Gasteiger partial charge on any atom is 0.225 e. The molecule has 1 aliphatic heterocycles. The number of hydrazine groups is 1. The zero-order valence-corrected chi connectivity index (χ0v) is 17.7. The molecular weight excluding hydrogens is 408 g/mol. The minimum absolute atomic E-state index is 0.0613. The predicted molar refractivity (Wildman–Crippen MR) is 115 cm³/mol. The highest BCUT2D eigenvalue weighted by atomic mass is 16.6. The molecular formula is C21H22N10O. The maximum atomic E-state index is 11.2. The molecule has 5 rings (SSSR count). The first-order chi connectivity index (χ1) is 15.5. The van der Waals surface area contributed by atoms with E-state index >= 15 is 0 Å². The van der Waals surface area contributed by atoms with Crippen LogP contribution in [-0.2, 0) is 13.1 Å². The van der Waals surface area contributed by atoms with Crippen molar-refractivity contribution >= 4 is 5.82 Å². The third-order valence-electron chi connectivity index (χ3n) is 5.35. The summed E-state index contributed by atoms with van der Waals surface area (Å²) in [5.41, 5.74) is 4.91. The van der Waals surface area contributed by atoms with Crippen LogP contribution in [0.25, 0.3) is 22.4 Å². The number of aryl methyl sites for hydroxylation is 2. The van der Waals surface area contributed by atoms with E-state index in [0.29, 0.717) is 30.3 Å².